The average Bonchev–Trinajstić information content (AvgIpc) is 2.77. The van der Waals surface area contributed by atoms with Crippen LogP contribution in [0.25, 0.3) is 0 Å². The lowest BCUT2D eigenvalue weighted by molar-refractivity contribution is -0.0626. The molecule has 1 N–H and O–H groups in total. The first-order valence-electron chi connectivity index (χ1n) is 8.91. The largest absolute Gasteiger partial charge is 0.370 e. The molecule has 0 amide bonds. The standard InChI is InChI=1S/C18H35NO/c1-14(2)17(15(3)4)13-19-12-16-8-11-18(20-16)9-6-5-7-10-18/h14-17,19H,5-13H2,1-4H3. The van der Waals surface area contributed by atoms with Gasteiger partial charge in [-0.05, 0) is 50.0 Å². The van der Waals surface area contributed by atoms with E-state index in [1.54, 1.807) is 0 Å². The van der Waals surface area contributed by atoms with Crippen molar-refractivity contribution in [3.8, 4) is 0 Å². The Morgan fingerprint density at radius 2 is 1.65 bits per heavy atom. The zero-order valence-electron chi connectivity index (χ0n) is 14.1. The second-order valence-electron chi connectivity index (χ2n) is 7.83. The topological polar surface area (TPSA) is 21.3 Å². The van der Waals surface area contributed by atoms with Gasteiger partial charge in [-0.1, -0.05) is 47.0 Å². The molecule has 118 valence electrons. The van der Waals surface area contributed by atoms with Crippen molar-refractivity contribution in [3.63, 3.8) is 0 Å². The highest BCUT2D eigenvalue weighted by Gasteiger charge is 2.40. The molecular weight excluding hydrogens is 246 g/mol. The van der Waals surface area contributed by atoms with Crippen LogP contribution in [0.5, 0.6) is 0 Å². The molecule has 1 aliphatic heterocycles. The van der Waals surface area contributed by atoms with Crippen LogP contribution in [0.15, 0.2) is 0 Å². The van der Waals surface area contributed by atoms with E-state index < -0.39 is 0 Å². The highest BCUT2D eigenvalue weighted by atomic mass is 16.5. The van der Waals surface area contributed by atoms with Crippen LogP contribution in [0.4, 0.5) is 0 Å². The Hall–Kier alpha value is -0.0800. The number of rotatable bonds is 6. The number of hydrogen-bond acceptors (Lipinski definition) is 2. The minimum absolute atomic E-state index is 0.278. The van der Waals surface area contributed by atoms with Crippen LogP contribution < -0.4 is 5.32 Å². The van der Waals surface area contributed by atoms with Crippen molar-refractivity contribution >= 4 is 0 Å². The normalized spacial score (nSPS) is 26.2. The van der Waals surface area contributed by atoms with Crippen LogP contribution in [0.3, 0.4) is 0 Å². The third-order valence-corrected chi connectivity index (χ3v) is 5.57. The molecule has 1 saturated heterocycles. The highest BCUT2D eigenvalue weighted by Crippen LogP contribution is 2.41. The molecule has 0 aromatic carbocycles. The summed E-state index contributed by atoms with van der Waals surface area (Å²) in [7, 11) is 0. The SMILES string of the molecule is CC(C)C(CNCC1CCC2(CCCCC2)O1)C(C)C. The Labute approximate surface area is 126 Å². The van der Waals surface area contributed by atoms with Crippen LogP contribution in [0, 0.1) is 17.8 Å². The summed E-state index contributed by atoms with van der Waals surface area (Å²) in [4.78, 5) is 0. The van der Waals surface area contributed by atoms with Crippen molar-refractivity contribution in [2.75, 3.05) is 13.1 Å². The van der Waals surface area contributed by atoms with Crippen molar-refractivity contribution in [1.29, 1.82) is 0 Å². The lowest BCUT2D eigenvalue weighted by Gasteiger charge is -2.33. The average molecular weight is 281 g/mol. The molecule has 1 unspecified atom stereocenters. The van der Waals surface area contributed by atoms with Crippen LogP contribution in [-0.2, 0) is 4.74 Å². The molecule has 1 heterocycles. The summed E-state index contributed by atoms with van der Waals surface area (Å²) in [6.07, 6.45) is 9.82. The summed E-state index contributed by atoms with van der Waals surface area (Å²) in [5, 5.41) is 3.69. The monoisotopic (exact) mass is 281 g/mol. The van der Waals surface area contributed by atoms with Crippen molar-refractivity contribution in [1.82, 2.24) is 5.32 Å². The van der Waals surface area contributed by atoms with Gasteiger partial charge in [0.25, 0.3) is 0 Å². The van der Waals surface area contributed by atoms with E-state index in [4.69, 9.17) is 4.74 Å². The van der Waals surface area contributed by atoms with E-state index in [-0.39, 0.29) is 5.60 Å². The Bertz CT molecular complexity index is 273. The Morgan fingerprint density at radius 3 is 2.25 bits per heavy atom. The van der Waals surface area contributed by atoms with Gasteiger partial charge in [0.05, 0.1) is 11.7 Å². The molecule has 2 aliphatic rings. The molecule has 0 aromatic rings. The van der Waals surface area contributed by atoms with E-state index >= 15 is 0 Å². The minimum atomic E-state index is 0.278. The van der Waals surface area contributed by atoms with Gasteiger partial charge in [0.1, 0.15) is 0 Å². The Kier molecular flexibility index (Phi) is 5.92. The van der Waals surface area contributed by atoms with Gasteiger partial charge in [-0.3, -0.25) is 0 Å². The molecule has 0 radical (unpaired) electrons. The van der Waals surface area contributed by atoms with Crippen LogP contribution in [0.2, 0.25) is 0 Å². The van der Waals surface area contributed by atoms with E-state index in [1.807, 2.05) is 0 Å². The molecule has 2 rings (SSSR count). The predicted molar refractivity (Wildman–Crippen MR) is 86.0 cm³/mol. The first kappa shape index (κ1) is 16.3. The zero-order chi connectivity index (χ0) is 14.6. The Balaban J connectivity index is 1.70. The van der Waals surface area contributed by atoms with Crippen LogP contribution >= 0.6 is 0 Å². The molecule has 2 nitrogen and oxygen atoms in total. The quantitative estimate of drug-likeness (QED) is 0.780. The number of nitrogens with one attached hydrogen (secondary N) is 1. The van der Waals surface area contributed by atoms with Gasteiger partial charge in [0.15, 0.2) is 0 Å². The van der Waals surface area contributed by atoms with Gasteiger partial charge in [-0.25, -0.2) is 0 Å². The fourth-order valence-corrected chi connectivity index (χ4v) is 4.26. The number of ether oxygens (including phenoxy) is 1. The first-order valence-corrected chi connectivity index (χ1v) is 8.91. The van der Waals surface area contributed by atoms with E-state index in [9.17, 15) is 0 Å². The Morgan fingerprint density at radius 1 is 1.00 bits per heavy atom. The van der Waals surface area contributed by atoms with Gasteiger partial charge >= 0.3 is 0 Å². The summed E-state index contributed by atoms with van der Waals surface area (Å²) < 4.78 is 6.43. The fraction of sp³-hybridized carbons (Fsp3) is 1.00. The predicted octanol–water partition coefficient (Wildman–Crippen LogP) is 4.39. The molecule has 1 spiro atoms. The van der Waals surface area contributed by atoms with Crippen LogP contribution in [-0.4, -0.2) is 24.8 Å². The van der Waals surface area contributed by atoms with Crippen LogP contribution in [0.1, 0.15) is 72.6 Å². The lowest BCUT2D eigenvalue weighted by atomic mass is 9.83. The number of hydrogen-bond donors (Lipinski definition) is 1. The van der Waals surface area contributed by atoms with Gasteiger partial charge in [0.2, 0.25) is 0 Å². The molecule has 2 heteroatoms. The first-order chi connectivity index (χ1) is 9.52. The van der Waals surface area contributed by atoms with Crippen molar-refractivity contribution in [3.05, 3.63) is 0 Å². The summed E-state index contributed by atoms with van der Waals surface area (Å²) in [6.45, 7) is 11.6. The van der Waals surface area contributed by atoms with Gasteiger partial charge in [0, 0.05) is 6.54 Å². The van der Waals surface area contributed by atoms with E-state index in [1.165, 1.54) is 44.9 Å². The van der Waals surface area contributed by atoms with Gasteiger partial charge in [-0.2, -0.15) is 0 Å². The molecule has 2 fully saturated rings. The summed E-state index contributed by atoms with van der Waals surface area (Å²) in [5.74, 6) is 2.30. The van der Waals surface area contributed by atoms with Crippen molar-refractivity contribution in [2.24, 2.45) is 17.8 Å². The summed E-state index contributed by atoms with van der Waals surface area (Å²) in [6, 6.07) is 0. The zero-order valence-corrected chi connectivity index (χ0v) is 14.1. The summed E-state index contributed by atoms with van der Waals surface area (Å²) in [5.41, 5.74) is 0.278. The molecule has 1 saturated carbocycles. The van der Waals surface area contributed by atoms with Gasteiger partial charge < -0.3 is 10.1 Å². The van der Waals surface area contributed by atoms with E-state index in [2.05, 4.69) is 33.0 Å². The molecular formula is C18H35NO. The molecule has 1 aliphatic carbocycles. The van der Waals surface area contributed by atoms with Gasteiger partial charge in [-0.15, -0.1) is 0 Å². The minimum Gasteiger partial charge on any atom is -0.370 e. The molecule has 0 bridgehead atoms. The molecule has 1 atom stereocenters. The third kappa shape index (κ3) is 4.21. The van der Waals surface area contributed by atoms with Crippen molar-refractivity contribution in [2.45, 2.75) is 84.3 Å². The highest BCUT2D eigenvalue weighted by molar-refractivity contribution is 4.91. The maximum absolute atomic E-state index is 6.43. The van der Waals surface area contributed by atoms with E-state index in [0.717, 1.165) is 30.8 Å². The lowest BCUT2D eigenvalue weighted by Crippen LogP contribution is -2.37. The van der Waals surface area contributed by atoms with E-state index in [0.29, 0.717) is 6.10 Å². The maximum atomic E-state index is 6.43. The second-order valence-corrected chi connectivity index (χ2v) is 7.83. The third-order valence-electron chi connectivity index (χ3n) is 5.57. The summed E-state index contributed by atoms with van der Waals surface area (Å²) >= 11 is 0. The molecule has 20 heavy (non-hydrogen) atoms. The molecule has 0 aromatic heterocycles. The smallest absolute Gasteiger partial charge is 0.0708 e. The fourth-order valence-electron chi connectivity index (χ4n) is 4.26. The second kappa shape index (κ2) is 7.26. The van der Waals surface area contributed by atoms with Crippen molar-refractivity contribution < 1.29 is 4.74 Å². The maximum Gasteiger partial charge on any atom is 0.0708 e.